The molecule has 212 valence electrons. The number of hydrogen-bond acceptors (Lipinski definition) is 9. The zero-order valence-electron chi connectivity index (χ0n) is 20.5. The summed E-state index contributed by atoms with van der Waals surface area (Å²) in [7, 11) is 0. The maximum atomic E-state index is 12.8. The number of nitrogens with zero attached hydrogens (tertiary/aromatic N) is 2. The van der Waals surface area contributed by atoms with Crippen molar-refractivity contribution in [3.8, 4) is 11.5 Å². The molecular weight excluding hydrogens is 572 g/mol. The summed E-state index contributed by atoms with van der Waals surface area (Å²) in [6.07, 6.45) is -6.50. The third kappa shape index (κ3) is 8.27. The third-order valence-corrected chi connectivity index (χ3v) is 7.57. The van der Waals surface area contributed by atoms with Gasteiger partial charge >= 0.3 is 18.7 Å². The van der Waals surface area contributed by atoms with E-state index in [1.54, 1.807) is 6.92 Å². The second-order valence-corrected chi connectivity index (χ2v) is 10.5. The van der Waals surface area contributed by atoms with Gasteiger partial charge in [-0.2, -0.15) is 0 Å². The van der Waals surface area contributed by atoms with Crippen molar-refractivity contribution in [1.29, 1.82) is 0 Å². The van der Waals surface area contributed by atoms with Gasteiger partial charge in [0.2, 0.25) is 0 Å². The Labute approximate surface area is 227 Å². The van der Waals surface area contributed by atoms with Gasteiger partial charge in [-0.3, -0.25) is 4.79 Å². The lowest BCUT2D eigenvalue weighted by molar-refractivity contribution is -0.276. The standard InChI is InChI=1S/C24H23F6N3O4S2/c1-2-35-19(34)12-38-11-18-32-21(20-16-5-3-4-6-17(16)39-22(20)33-18)31-10-13-7-14(36-23(25,26)27)9-15(8-13)37-24(28,29)30/h7-9H,2-6,10-12H2,1H3,(H,31,32,33). The highest BCUT2D eigenvalue weighted by Gasteiger charge is 2.34. The number of thioether (sulfide) groups is 1. The molecule has 7 nitrogen and oxygen atoms in total. The number of alkyl halides is 6. The molecule has 2 aromatic heterocycles. The van der Waals surface area contributed by atoms with Crippen molar-refractivity contribution in [2.24, 2.45) is 0 Å². The summed E-state index contributed by atoms with van der Waals surface area (Å²) in [5.74, 6) is -0.834. The molecule has 0 spiro atoms. The summed E-state index contributed by atoms with van der Waals surface area (Å²) >= 11 is 2.80. The monoisotopic (exact) mass is 595 g/mol. The van der Waals surface area contributed by atoms with E-state index in [9.17, 15) is 31.1 Å². The van der Waals surface area contributed by atoms with E-state index >= 15 is 0 Å². The summed E-state index contributed by atoms with van der Waals surface area (Å²) in [5, 5.41) is 3.84. The van der Waals surface area contributed by atoms with Crippen LogP contribution in [0.15, 0.2) is 18.2 Å². The maximum Gasteiger partial charge on any atom is 0.573 e. The number of halogens is 6. The molecule has 1 aromatic carbocycles. The normalized spacial score (nSPS) is 13.7. The minimum Gasteiger partial charge on any atom is -0.465 e. The van der Waals surface area contributed by atoms with Crippen molar-refractivity contribution in [1.82, 2.24) is 9.97 Å². The number of benzene rings is 1. The molecule has 1 N–H and O–H groups in total. The number of anilines is 1. The molecule has 4 rings (SSSR count). The predicted octanol–water partition coefficient (Wildman–Crippen LogP) is 6.78. The topological polar surface area (TPSA) is 82.6 Å². The van der Waals surface area contributed by atoms with Gasteiger partial charge in [0.25, 0.3) is 0 Å². The fraction of sp³-hybridized carbons (Fsp3) is 0.458. The molecule has 39 heavy (non-hydrogen) atoms. The molecule has 0 fully saturated rings. The highest BCUT2D eigenvalue weighted by molar-refractivity contribution is 7.99. The van der Waals surface area contributed by atoms with Crippen LogP contribution < -0.4 is 14.8 Å². The number of ether oxygens (including phenoxy) is 3. The van der Waals surface area contributed by atoms with E-state index in [0.29, 0.717) is 23.5 Å². The maximum absolute atomic E-state index is 12.8. The first-order valence-electron chi connectivity index (χ1n) is 11.8. The number of esters is 1. The van der Waals surface area contributed by atoms with Crippen LogP contribution in [0.4, 0.5) is 32.2 Å². The van der Waals surface area contributed by atoms with Crippen molar-refractivity contribution in [2.45, 2.75) is 57.6 Å². The minimum atomic E-state index is -5.10. The van der Waals surface area contributed by atoms with E-state index < -0.39 is 24.2 Å². The lowest BCUT2D eigenvalue weighted by atomic mass is 9.97. The number of carbonyl (C=O) groups excluding carboxylic acids is 1. The van der Waals surface area contributed by atoms with Crippen LogP contribution >= 0.6 is 23.1 Å². The Morgan fingerprint density at radius 3 is 2.33 bits per heavy atom. The first-order chi connectivity index (χ1) is 18.4. The van der Waals surface area contributed by atoms with Crippen molar-refractivity contribution in [3.63, 3.8) is 0 Å². The first-order valence-corrected chi connectivity index (χ1v) is 13.8. The largest absolute Gasteiger partial charge is 0.573 e. The number of fused-ring (bicyclic) bond motifs is 3. The molecule has 1 aliphatic carbocycles. The van der Waals surface area contributed by atoms with Gasteiger partial charge in [-0.15, -0.1) is 49.4 Å². The van der Waals surface area contributed by atoms with Crippen molar-refractivity contribution in [2.75, 3.05) is 17.7 Å². The SMILES string of the molecule is CCOC(=O)CSCc1nc(NCc2cc(OC(F)(F)F)cc(OC(F)(F)F)c2)c2c3c(sc2n1)CCCC3. The van der Waals surface area contributed by atoms with Gasteiger partial charge in [-0.1, -0.05) is 0 Å². The van der Waals surface area contributed by atoms with Crippen LogP contribution in [0, 0.1) is 0 Å². The number of carbonyl (C=O) groups is 1. The fourth-order valence-electron chi connectivity index (χ4n) is 4.13. The molecule has 0 atom stereocenters. The van der Waals surface area contributed by atoms with Crippen molar-refractivity contribution >= 4 is 45.1 Å². The van der Waals surface area contributed by atoms with Crippen LogP contribution in [0.2, 0.25) is 0 Å². The molecule has 2 heterocycles. The van der Waals surface area contributed by atoms with Gasteiger partial charge in [0.15, 0.2) is 0 Å². The minimum absolute atomic E-state index is 0.0464. The Kier molecular flexibility index (Phi) is 8.99. The highest BCUT2D eigenvalue weighted by Crippen LogP contribution is 2.39. The van der Waals surface area contributed by atoms with E-state index in [-0.39, 0.29) is 30.4 Å². The average Bonchev–Trinajstić information content (AvgIpc) is 3.19. The highest BCUT2D eigenvalue weighted by atomic mass is 32.2. The first kappa shape index (κ1) is 29.1. The molecule has 0 bridgehead atoms. The molecular formula is C24H23F6N3O4S2. The lowest BCUT2D eigenvalue weighted by Crippen LogP contribution is -2.19. The quantitative estimate of drug-likeness (QED) is 0.203. The van der Waals surface area contributed by atoms with Crippen LogP contribution in [0.25, 0.3) is 10.2 Å². The number of nitrogens with one attached hydrogen (secondary N) is 1. The second-order valence-electron chi connectivity index (χ2n) is 8.44. The van der Waals surface area contributed by atoms with Gasteiger partial charge in [0, 0.05) is 17.5 Å². The molecule has 15 heteroatoms. The molecule has 1 aliphatic rings. The van der Waals surface area contributed by atoms with E-state index in [2.05, 4.69) is 24.8 Å². The summed E-state index contributed by atoms with van der Waals surface area (Å²) in [5.41, 5.74) is 1.13. The average molecular weight is 596 g/mol. The third-order valence-electron chi connectivity index (χ3n) is 5.48. The molecule has 0 amide bonds. The number of rotatable bonds is 10. The van der Waals surface area contributed by atoms with Crippen LogP contribution in [0.3, 0.4) is 0 Å². The number of aryl methyl sites for hydroxylation is 2. The second kappa shape index (κ2) is 12.1. The fourth-order valence-corrected chi connectivity index (χ4v) is 6.07. The molecule has 0 saturated heterocycles. The Balaban J connectivity index is 1.63. The van der Waals surface area contributed by atoms with Gasteiger partial charge < -0.3 is 19.5 Å². The van der Waals surface area contributed by atoms with Crippen LogP contribution in [-0.2, 0) is 34.7 Å². The molecule has 0 saturated carbocycles. The molecule has 0 aliphatic heterocycles. The Morgan fingerprint density at radius 2 is 1.69 bits per heavy atom. The molecule has 0 radical (unpaired) electrons. The molecule has 0 unspecified atom stereocenters. The summed E-state index contributed by atoms with van der Waals surface area (Å²) < 4.78 is 89.3. The Bertz CT molecular complexity index is 1300. The summed E-state index contributed by atoms with van der Waals surface area (Å²) in [6, 6.07) is 2.46. The van der Waals surface area contributed by atoms with Crippen LogP contribution in [0.1, 0.15) is 41.6 Å². The Morgan fingerprint density at radius 1 is 1.03 bits per heavy atom. The number of hydrogen-bond donors (Lipinski definition) is 1. The smallest absolute Gasteiger partial charge is 0.465 e. The Hall–Kier alpha value is -2.94. The zero-order chi connectivity index (χ0) is 28.2. The van der Waals surface area contributed by atoms with Crippen LogP contribution in [0.5, 0.6) is 11.5 Å². The van der Waals surface area contributed by atoms with Crippen molar-refractivity contribution in [3.05, 3.63) is 40.0 Å². The van der Waals surface area contributed by atoms with Gasteiger partial charge in [-0.25, -0.2) is 9.97 Å². The zero-order valence-corrected chi connectivity index (χ0v) is 22.1. The van der Waals surface area contributed by atoms with E-state index in [0.717, 1.165) is 53.6 Å². The summed E-state index contributed by atoms with van der Waals surface area (Å²) in [6.45, 7) is 1.80. The van der Waals surface area contributed by atoms with Crippen LogP contribution in [-0.4, -0.2) is 41.0 Å². The van der Waals surface area contributed by atoms with E-state index in [1.807, 2.05) is 0 Å². The van der Waals surface area contributed by atoms with Gasteiger partial charge in [0.1, 0.15) is 28.0 Å². The van der Waals surface area contributed by atoms with E-state index in [1.165, 1.54) is 28.0 Å². The lowest BCUT2D eigenvalue weighted by Gasteiger charge is -2.16. The number of thiophene rings is 1. The summed E-state index contributed by atoms with van der Waals surface area (Å²) in [4.78, 5) is 22.8. The van der Waals surface area contributed by atoms with Crippen molar-refractivity contribution < 1.29 is 45.3 Å². The van der Waals surface area contributed by atoms with E-state index in [4.69, 9.17) is 4.74 Å². The van der Waals surface area contributed by atoms with Gasteiger partial charge in [-0.05, 0) is 55.9 Å². The molecule has 3 aromatic rings. The van der Waals surface area contributed by atoms with Gasteiger partial charge in [0.05, 0.1) is 23.5 Å². The number of aromatic nitrogens is 2. The predicted molar refractivity (Wildman–Crippen MR) is 134 cm³/mol.